The average Bonchev–Trinajstić information content (AvgIpc) is 2.44. The van der Waals surface area contributed by atoms with Crippen molar-refractivity contribution in [3.8, 4) is 0 Å². The van der Waals surface area contributed by atoms with Gasteiger partial charge in [0.05, 0.1) is 19.6 Å². The first kappa shape index (κ1) is 15.2. The first-order valence-corrected chi connectivity index (χ1v) is 6.33. The van der Waals surface area contributed by atoms with Crippen molar-refractivity contribution in [3.05, 3.63) is 30.3 Å². The van der Waals surface area contributed by atoms with Crippen molar-refractivity contribution in [1.29, 1.82) is 0 Å². The van der Waals surface area contributed by atoms with Gasteiger partial charge in [-0.25, -0.2) is 0 Å². The number of para-hydroxylation sites is 1. The molecule has 1 rings (SSSR count). The van der Waals surface area contributed by atoms with Gasteiger partial charge in [0.2, 0.25) is 5.91 Å². The summed E-state index contributed by atoms with van der Waals surface area (Å²) in [4.78, 5) is 24.5. The highest BCUT2D eigenvalue weighted by Crippen LogP contribution is 2.10. The molecule has 0 atom stereocenters. The first-order chi connectivity index (χ1) is 9.15. The van der Waals surface area contributed by atoms with Crippen LogP contribution in [0.2, 0.25) is 0 Å². The summed E-state index contributed by atoms with van der Waals surface area (Å²) in [7, 11) is 1.73. The maximum absolute atomic E-state index is 11.9. The number of carbonyl (C=O) groups is 2. The van der Waals surface area contributed by atoms with Crippen molar-refractivity contribution >= 4 is 17.6 Å². The van der Waals surface area contributed by atoms with Crippen LogP contribution in [0, 0.1) is 0 Å². The molecule has 104 valence electrons. The molecule has 0 radical (unpaired) electrons. The molecule has 0 aliphatic rings. The van der Waals surface area contributed by atoms with Crippen LogP contribution in [0.3, 0.4) is 0 Å². The van der Waals surface area contributed by atoms with Gasteiger partial charge in [-0.15, -0.1) is 0 Å². The van der Waals surface area contributed by atoms with Crippen LogP contribution in [0.5, 0.6) is 0 Å². The quantitative estimate of drug-likeness (QED) is 0.593. The molecule has 1 N–H and O–H groups in total. The maximum Gasteiger partial charge on any atom is 0.307 e. The largest absolute Gasteiger partial charge is 0.466 e. The van der Waals surface area contributed by atoms with Gasteiger partial charge in [0.15, 0.2) is 0 Å². The minimum atomic E-state index is -0.251. The van der Waals surface area contributed by atoms with Crippen LogP contribution in [0.15, 0.2) is 30.3 Å². The second kappa shape index (κ2) is 8.26. The van der Waals surface area contributed by atoms with Gasteiger partial charge < -0.3 is 15.0 Å². The molecule has 0 aromatic heterocycles. The first-order valence-electron chi connectivity index (χ1n) is 6.33. The summed E-state index contributed by atoms with van der Waals surface area (Å²) >= 11 is 0. The van der Waals surface area contributed by atoms with E-state index in [2.05, 4.69) is 5.32 Å². The monoisotopic (exact) mass is 264 g/mol. The van der Waals surface area contributed by atoms with E-state index < -0.39 is 0 Å². The van der Waals surface area contributed by atoms with E-state index in [1.165, 1.54) is 0 Å². The van der Waals surface area contributed by atoms with Gasteiger partial charge >= 0.3 is 5.97 Å². The fraction of sp³-hybridized carbons (Fsp3) is 0.429. The fourth-order valence-electron chi connectivity index (χ4n) is 1.53. The molecule has 0 saturated carbocycles. The van der Waals surface area contributed by atoms with Crippen molar-refractivity contribution in [2.24, 2.45) is 0 Å². The molecule has 19 heavy (non-hydrogen) atoms. The molecule has 1 aromatic carbocycles. The Kier molecular flexibility index (Phi) is 6.60. The van der Waals surface area contributed by atoms with Crippen LogP contribution < -0.4 is 10.2 Å². The van der Waals surface area contributed by atoms with Crippen molar-refractivity contribution in [3.63, 3.8) is 0 Å². The highest BCUT2D eigenvalue weighted by atomic mass is 16.5. The lowest BCUT2D eigenvalue weighted by atomic mass is 10.3. The molecule has 5 heteroatoms. The van der Waals surface area contributed by atoms with Crippen LogP contribution in [0.4, 0.5) is 5.69 Å². The minimum Gasteiger partial charge on any atom is -0.466 e. The Morgan fingerprint density at radius 1 is 1.26 bits per heavy atom. The van der Waals surface area contributed by atoms with Crippen molar-refractivity contribution in [2.75, 3.05) is 31.6 Å². The molecule has 0 bridgehead atoms. The van der Waals surface area contributed by atoms with Gasteiger partial charge in [-0.05, 0) is 19.1 Å². The third-order valence-electron chi connectivity index (χ3n) is 2.61. The van der Waals surface area contributed by atoms with Gasteiger partial charge in [-0.3, -0.25) is 9.59 Å². The lowest BCUT2D eigenvalue weighted by molar-refractivity contribution is -0.143. The number of carbonyl (C=O) groups excluding carboxylic acids is 2. The van der Waals surface area contributed by atoms with E-state index in [1.54, 1.807) is 18.9 Å². The Morgan fingerprint density at radius 2 is 1.95 bits per heavy atom. The van der Waals surface area contributed by atoms with Crippen molar-refractivity contribution < 1.29 is 14.3 Å². The molecular weight excluding hydrogens is 244 g/mol. The van der Waals surface area contributed by atoms with E-state index in [4.69, 9.17) is 4.74 Å². The average molecular weight is 264 g/mol. The van der Waals surface area contributed by atoms with E-state index in [0.29, 0.717) is 13.2 Å². The number of amides is 1. The molecule has 0 aliphatic heterocycles. The molecule has 1 aromatic rings. The Morgan fingerprint density at radius 3 is 2.58 bits per heavy atom. The number of hydrogen-bond donors (Lipinski definition) is 1. The number of esters is 1. The number of benzene rings is 1. The normalized spacial score (nSPS) is 10.0. The predicted octanol–water partition coefficient (Wildman–Crippen LogP) is 1.19. The second-order valence-corrected chi connectivity index (χ2v) is 4.02. The van der Waals surface area contributed by atoms with E-state index >= 15 is 0 Å². The van der Waals surface area contributed by atoms with Crippen LogP contribution in [0.1, 0.15) is 13.3 Å². The lowest BCUT2D eigenvalue weighted by Crippen LogP contribution is -2.36. The number of ether oxygens (including phenoxy) is 1. The zero-order valence-corrected chi connectivity index (χ0v) is 11.4. The smallest absolute Gasteiger partial charge is 0.307 e. The second-order valence-electron chi connectivity index (χ2n) is 4.02. The fourth-order valence-corrected chi connectivity index (χ4v) is 1.53. The van der Waals surface area contributed by atoms with Crippen LogP contribution >= 0.6 is 0 Å². The van der Waals surface area contributed by atoms with Gasteiger partial charge in [0.25, 0.3) is 0 Å². The highest BCUT2D eigenvalue weighted by molar-refractivity contribution is 5.94. The van der Waals surface area contributed by atoms with E-state index in [9.17, 15) is 9.59 Å². The van der Waals surface area contributed by atoms with Gasteiger partial charge in [0.1, 0.15) is 0 Å². The molecule has 0 aliphatic carbocycles. The number of nitrogens with one attached hydrogen (secondary N) is 1. The minimum absolute atomic E-state index is 0.0462. The number of anilines is 1. The number of rotatable bonds is 7. The van der Waals surface area contributed by atoms with Gasteiger partial charge in [-0.2, -0.15) is 0 Å². The highest BCUT2D eigenvalue weighted by Gasteiger charge is 2.10. The van der Waals surface area contributed by atoms with Crippen LogP contribution in [-0.2, 0) is 14.3 Å². The van der Waals surface area contributed by atoms with Crippen LogP contribution in [-0.4, -0.2) is 38.6 Å². The third-order valence-corrected chi connectivity index (χ3v) is 2.61. The van der Waals surface area contributed by atoms with E-state index in [0.717, 1.165) is 5.69 Å². The van der Waals surface area contributed by atoms with Gasteiger partial charge in [0, 0.05) is 19.3 Å². The molecule has 0 fully saturated rings. The summed E-state index contributed by atoms with van der Waals surface area (Å²) in [6.45, 7) is 2.79. The zero-order valence-electron chi connectivity index (χ0n) is 11.4. The zero-order chi connectivity index (χ0) is 14.1. The lowest BCUT2D eigenvalue weighted by Gasteiger charge is -2.17. The summed E-state index contributed by atoms with van der Waals surface area (Å²) in [5, 5.41) is 2.93. The molecule has 0 unspecified atom stereocenters. The molecule has 1 amide bonds. The Bertz CT molecular complexity index is 406. The molecular formula is C14H20N2O3. The number of hydrogen-bond acceptors (Lipinski definition) is 4. The van der Waals surface area contributed by atoms with Crippen LogP contribution in [0.25, 0.3) is 0 Å². The third kappa shape index (κ3) is 5.52. The van der Waals surface area contributed by atoms with Crippen molar-refractivity contribution in [2.45, 2.75) is 13.3 Å². The molecule has 0 spiro atoms. The summed E-state index contributed by atoms with van der Waals surface area (Å²) in [5.41, 5.74) is 0.847. The summed E-state index contributed by atoms with van der Waals surface area (Å²) in [6, 6.07) is 9.41. The summed E-state index contributed by atoms with van der Waals surface area (Å²) in [5.74, 6) is -0.297. The topological polar surface area (TPSA) is 58.6 Å². The summed E-state index contributed by atoms with van der Waals surface area (Å²) < 4.78 is 4.79. The SMILES string of the molecule is CCOC(=O)CCNCC(=O)N(C)c1ccccc1. The molecule has 0 saturated heterocycles. The van der Waals surface area contributed by atoms with Gasteiger partial charge in [-0.1, -0.05) is 18.2 Å². The maximum atomic E-state index is 11.9. The predicted molar refractivity (Wildman–Crippen MR) is 74.0 cm³/mol. The van der Waals surface area contributed by atoms with E-state index in [1.807, 2.05) is 30.3 Å². The Labute approximate surface area is 113 Å². The number of nitrogens with zero attached hydrogens (tertiary/aromatic N) is 1. The van der Waals surface area contributed by atoms with Crippen molar-refractivity contribution in [1.82, 2.24) is 5.32 Å². The molecule has 5 nitrogen and oxygen atoms in total. The number of likely N-dealkylation sites (N-methyl/N-ethyl adjacent to an activating group) is 1. The standard InChI is InChI=1S/C14H20N2O3/c1-3-19-14(18)9-10-15-11-13(17)16(2)12-7-5-4-6-8-12/h4-8,15H,3,9-11H2,1-2H3. The van der Waals surface area contributed by atoms with E-state index in [-0.39, 0.29) is 24.8 Å². The Hall–Kier alpha value is -1.88. The molecule has 0 heterocycles. The summed E-state index contributed by atoms with van der Waals surface area (Å²) in [6.07, 6.45) is 0.274. The Balaban J connectivity index is 2.26.